The first-order chi connectivity index (χ1) is 20.1. The van der Waals surface area contributed by atoms with Gasteiger partial charge in [0.2, 0.25) is 11.8 Å². The van der Waals surface area contributed by atoms with Gasteiger partial charge in [-0.25, -0.2) is 14.4 Å². The molecule has 0 spiro atoms. The summed E-state index contributed by atoms with van der Waals surface area (Å²) >= 11 is 0. The van der Waals surface area contributed by atoms with Crippen molar-refractivity contribution in [3.05, 3.63) is 35.9 Å². The molecule has 1 fully saturated rings. The monoisotopic (exact) mass is 606 g/mol. The molecular formula is C28H42N6O9. The minimum Gasteiger partial charge on any atom is -0.445 e. The summed E-state index contributed by atoms with van der Waals surface area (Å²) in [5, 5.41) is 13.4. The van der Waals surface area contributed by atoms with Gasteiger partial charge in [-0.2, -0.15) is 0 Å². The van der Waals surface area contributed by atoms with Crippen LogP contribution in [-0.2, 0) is 35.2 Å². The number of carbonyl (C=O) groups excluding carboxylic acids is 5. The number of alkyl carbamates (subject to hydrolysis) is 3. The first kappa shape index (κ1) is 34.6. The molecule has 0 bridgehead atoms. The number of nitrogens with one attached hydrogen (secondary N) is 4. The summed E-state index contributed by atoms with van der Waals surface area (Å²) in [6.07, 6.45) is -1.46. The van der Waals surface area contributed by atoms with E-state index in [1.165, 1.54) is 4.90 Å². The topological polar surface area (TPSA) is 186 Å². The van der Waals surface area contributed by atoms with Crippen molar-refractivity contribution < 1.29 is 43.0 Å². The first-order valence-corrected chi connectivity index (χ1v) is 13.8. The molecule has 1 atom stereocenters. The zero-order chi connectivity index (χ0) is 32.0. The van der Waals surface area contributed by atoms with E-state index in [0.29, 0.717) is 19.4 Å². The SMILES string of the molecule is CC(C)(C)OC(=O)NC(=NOCCNC(=O)CN1CCCC(NC(=O)OCc2ccccc2)C1=O)NC(=O)OC(C)(C)C. The fourth-order valence-corrected chi connectivity index (χ4v) is 3.59. The van der Waals surface area contributed by atoms with E-state index in [-0.39, 0.29) is 38.2 Å². The van der Waals surface area contributed by atoms with Gasteiger partial charge in [0, 0.05) is 6.54 Å². The van der Waals surface area contributed by atoms with E-state index in [1.54, 1.807) is 41.5 Å². The Balaban J connectivity index is 1.79. The van der Waals surface area contributed by atoms with E-state index < -0.39 is 41.4 Å². The number of hydrogen-bond acceptors (Lipinski definition) is 10. The molecule has 0 radical (unpaired) electrons. The Hall–Kier alpha value is -4.56. The maximum Gasteiger partial charge on any atom is 0.414 e. The summed E-state index contributed by atoms with van der Waals surface area (Å²) in [6, 6.07) is 8.35. The highest BCUT2D eigenvalue weighted by molar-refractivity contribution is 6.01. The Morgan fingerprint density at radius 3 is 2.12 bits per heavy atom. The lowest BCUT2D eigenvalue weighted by molar-refractivity contribution is -0.139. The summed E-state index contributed by atoms with van der Waals surface area (Å²) in [5.74, 6) is -1.22. The molecule has 1 saturated heterocycles. The molecule has 0 aliphatic carbocycles. The first-order valence-electron chi connectivity index (χ1n) is 13.8. The number of piperidine rings is 1. The summed E-state index contributed by atoms with van der Waals surface area (Å²) < 4.78 is 15.5. The van der Waals surface area contributed by atoms with Gasteiger partial charge < -0.3 is 34.6 Å². The Morgan fingerprint density at radius 2 is 1.53 bits per heavy atom. The highest BCUT2D eigenvalue weighted by Gasteiger charge is 2.31. The highest BCUT2D eigenvalue weighted by atomic mass is 16.6. The fourth-order valence-electron chi connectivity index (χ4n) is 3.59. The third kappa shape index (κ3) is 14.8. The van der Waals surface area contributed by atoms with Crippen LogP contribution in [0.25, 0.3) is 0 Å². The number of carbonyl (C=O) groups is 5. The summed E-state index contributed by atoms with van der Waals surface area (Å²) in [6.45, 7) is 10.1. The number of benzene rings is 1. The third-order valence-corrected chi connectivity index (χ3v) is 5.28. The molecule has 15 nitrogen and oxygen atoms in total. The van der Waals surface area contributed by atoms with Crippen LogP contribution < -0.4 is 21.3 Å². The van der Waals surface area contributed by atoms with Crippen molar-refractivity contribution in [1.29, 1.82) is 0 Å². The molecule has 1 aliphatic heterocycles. The second kappa shape index (κ2) is 16.2. The number of guanidine groups is 1. The molecular weight excluding hydrogens is 564 g/mol. The van der Waals surface area contributed by atoms with Crippen LogP contribution in [0.5, 0.6) is 0 Å². The second-order valence-electron chi connectivity index (χ2n) is 11.5. The Bertz CT molecular complexity index is 1110. The van der Waals surface area contributed by atoms with Gasteiger partial charge in [-0.1, -0.05) is 30.3 Å². The van der Waals surface area contributed by atoms with Gasteiger partial charge >= 0.3 is 18.3 Å². The second-order valence-corrected chi connectivity index (χ2v) is 11.5. The van der Waals surface area contributed by atoms with Gasteiger partial charge in [0.1, 0.15) is 30.5 Å². The number of likely N-dealkylation sites (tertiary alicyclic amines) is 1. The average molecular weight is 607 g/mol. The number of amides is 5. The molecule has 1 heterocycles. The van der Waals surface area contributed by atoms with Gasteiger partial charge in [-0.3, -0.25) is 20.2 Å². The number of oxime groups is 1. The molecule has 0 saturated carbocycles. The molecule has 238 valence electrons. The molecule has 2 rings (SSSR count). The quantitative estimate of drug-likeness (QED) is 0.108. The summed E-state index contributed by atoms with van der Waals surface area (Å²) in [4.78, 5) is 68.2. The minimum atomic E-state index is -0.886. The van der Waals surface area contributed by atoms with Crippen molar-refractivity contribution in [2.75, 3.05) is 26.2 Å². The molecule has 15 heteroatoms. The van der Waals surface area contributed by atoms with Crippen LogP contribution in [0.4, 0.5) is 14.4 Å². The van der Waals surface area contributed by atoms with Crippen LogP contribution in [0.1, 0.15) is 59.9 Å². The number of nitrogens with zero attached hydrogens (tertiary/aromatic N) is 2. The smallest absolute Gasteiger partial charge is 0.414 e. The van der Waals surface area contributed by atoms with Gasteiger partial charge in [0.25, 0.3) is 5.96 Å². The molecule has 5 amide bonds. The van der Waals surface area contributed by atoms with Crippen LogP contribution in [0, 0.1) is 0 Å². The maximum absolute atomic E-state index is 12.8. The number of hydrogen-bond donors (Lipinski definition) is 4. The normalized spacial score (nSPS) is 15.0. The molecule has 1 aromatic rings. The molecule has 1 unspecified atom stereocenters. The van der Waals surface area contributed by atoms with Gasteiger partial charge in [0.15, 0.2) is 0 Å². The van der Waals surface area contributed by atoms with Crippen molar-refractivity contribution in [1.82, 2.24) is 26.2 Å². The standard InChI is InChI=1S/C28H42N6O9/c1-27(2,3)42-25(38)31-23(32-26(39)43-28(4,5)6)33-41-16-14-29-21(35)17-34-15-10-13-20(22(34)36)30-24(37)40-18-19-11-8-7-9-12-19/h7-9,11-12,20H,10,13-18H2,1-6H3,(H,29,35)(H,30,37)(H2,31,32,33,38,39). The number of ether oxygens (including phenoxy) is 3. The van der Waals surface area contributed by atoms with Crippen molar-refractivity contribution in [2.45, 2.75) is 78.2 Å². The molecule has 43 heavy (non-hydrogen) atoms. The lowest BCUT2D eigenvalue weighted by Gasteiger charge is -2.31. The molecule has 1 aliphatic rings. The minimum absolute atomic E-state index is 0.00398. The Labute approximate surface area is 251 Å². The third-order valence-electron chi connectivity index (χ3n) is 5.28. The molecule has 4 N–H and O–H groups in total. The van der Waals surface area contributed by atoms with E-state index in [9.17, 15) is 24.0 Å². The molecule has 0 aromatic heterocycles. The highest BCUT2D eigenvalue weighted by Crippen LogP contribution is 2.12. The van der Waals surface area contributed by atoms with Gasteiger partial charge in [-0.15, -0.1) is 0 Å². The summed E-state index contributed by atoms with van der Waals surface area (Å²) in [5.41, 5.74) is -0.788. The lowest BCUT2D eigenvalue weighted by atomic mass is 10.1. The maximum atomic E-state index is 12.8. The van der Waals surface area contributed by atoms with Crippen molar-refractivity contribution in [2.24, 2.45) is 5.16 Å². The Kier molecular flexibility index (Phi) is 13.0. The largest absolute Gasteiger partial charge is 0.445 e. The van der Waals surface area contributed by atoms with Crippen molar-refractivity contribution >= 4 is 36.1 Å². The Morgan fingerprint density at radius 1 is 0.930 bits per heavy atom. The average Bonchev–Trinajstić information content (AvgIpc) is 2.88. The van der Waals surface area contributed by atoms with Crippen LogP contribution in [0.2, 0.25) is 0 Å². The van der Waals surface area contributed by atoms with Crippen LogP contribution in [0.15, 0.2) is 35.5 Å². The zero-order valence-electron chi connectivity index (χ0n) is 25.5. The predicted octanol–water partition coefficient (Wildman–Crippen LogP) is 2.36. The van der Waals surface area contributed by atoms with Crippen LogP contribution >= 0.6 is 0 Å². The zero-order valence-corrected chi connectivity index (χ0v) is 25.5. The number of rotatable bonds is 9. The summed E-state index contributed by atoms with van der Waals surface area (Å²) in [7, 11) is 0. The van der Waals surface area contributed by atoms with Crippen LogP contribution in [-0.4, -0.2) is 84.4 Å². The van der Waals surface area contributed by atoms with E-state index in [0.717, 1.165) is 5.56 Å². The van der Waals surface area contributed by atoms with Crippen molar-refractivity contribution in [3.63, 3.8) is 0 Å². The lowest BCUT2D eigenvalue weighted by Crippen LogP contribution is -2.54. The van der Waals surface area contributed by atoms with Gasteiger partial charge in [-0.05, 0) is 65.1 Å². The molecule has 1 aromatic carbocycles. The van der Waals surface area contributed by atoms with E-state index in [2.05, 4.69) is 26.4 Å². The van der Waals surface area contributed by atoms with E-state index in [1.807, 2.05) is 30.3 Å². The van der Waals surface area contributed by atoms with Crippen molar-refractivity contribution in [3.8, 4) is 0 Å². The van der Waals surface area contributed by atoms with Gasteiger partial charge in [0.05, 0.1) is 13.1 Å². The predicted molar refractivity (Wildman–Crippen MR) is 155 cm³/mol. The van der Waals surface area contributed by atoms with E-state index >= 15 is 0 Å². The van der Waals surface area contributed by atoms with Crippen LogP contribution in [0.3, 0.4) is 0 Å². The fraction of sp³-hybridized carbons (Fsp3) is 0.571. The van der Waals surface area contributed by atoms with E-state index in [4.69, 9.17) is 19.0 Å².